The van der Waals surface area contributed by atoms with Gasteiger partial charge < -0.3 is 9.84 Å². The van der Waals surface area contributed by atoms with Crippen LogP contribution in [-0.4, -0.2) is 16.0 Å². The molecule has 1 heterocycles. The van der Waals surface area contributed by atoms with Crippen LogP contribution in [0.1, 0.15) is 25.1 Å². The van der Waals surface area contributed by atoms with Gasteiger partial charge in [-0.05, 0) is 19.3 Å². The molecule has 15 heavy (non-hydrogen) atoms. The van der Waals surface area contributed by atoms with E-state index in [1.54, 1.807) is 0 Å². The van der Waals surface area contributed by atoms with E-state index >= 15 is 0 Å². The minimum absolute atomic E-state index is 0.207. The highest BCUT2D eigenvalue weighted by Gasteiger charge is 2.44. The maximum absolute atomic E-state index is 11.7. The van der Waals surface area contributed by atoms with E-state index in [4.69, 9.17) is 5.26 Å². The van der Waals surface area contributed by atoms with Gasteiger partial charge in [-0.3, -0.25) is 4.79 Å². The Labute approximate surface area is 86.3 Å². The van der Waals surface area contributed by atoms with E-state index < -0.39 is 5.41 Å². The van der Waals surface area contributed by atoms with E-state index in [0.717, 1.165) is 6.42 Å². The third kappa shape index (κ3) is 1.68. The summed E-state index contributed by atoms with van der Waals surface area (Å²) in [6.07, 6.45) is 3.41. The second-order valence-corrected chi connectivity index (χ2v) is 3.58. The number of nitriles is 1. The fourth-order valence-corrected chi connectivity index (χ4v) is 1.52. The minimum atomic E-state index is -0.816. The largest absolute Gasteiger partial charge is 0.347 e. The van der Waals surface area contributed by atoms with Gasteiger partial charge in [0.1, 0.15) is 5.41 Å². The van der Waals surface area contributed by atoms with Gasteiger partial charge in [0, 0.05) is 0 Å². The number of rotatable bonds is 3. The van der Waals surface area contributed by atoms with Crippen LogP contribution >= 0.6 is 0 Å². The van der Waals surface area contributed by atoms with E-state index in [1.165, 1.54) is 6.39 Å². The van der Waals surface area contributed by atoms with Crippen molar-refractivity contribution in [2.45, 2.75) is 25.8 Å². The van der Waals surface area contributed by atoms with E-state index in [1.807, 2.05) is 0 Å². The van der Waals surface area contributed by atoms with Crippen LogP contribution in [0.5, 0.6) is 0 Å². The summed E-state index contributed by atoms with van der Waals surface area (Å²) in [6.45, 7) is 0.207. The number of nitrogens with zero attached hydrogens (tertiary/aromatic N) is 3. The Balaban J connectivity index is 1.90. The third-order valence-electron chi connectivity index (χ3n) is 2.67. The van der Waals surface area contributed by atoms with Gasteiger partial charge in [-0.2, -0.15) is 10.2 Å². The highest BCUT2D eigenvalue weighted by molar-refractivity contribution is 5.86. The molecular weight excluding hydrogens is 196 g/mol. The zero-order valence-corrected chi connectivity index (χ0v) is 8.06. The zero-order valence-electron chi connectivity index (χ0n) is 8.06. The van der Waals surface area contributed by atoms with Gasteiger partial charge in [0.15, 0.2) is 5.82 Å². The molecule has 0 atom stereocenters. The fourth-order valence-electron chi connectivity index (χ4n) is 1.52. The van der Waals surface area contributed by atoms with E-state index in [2.05, 4.69) is 26.0 Å². The fraction of sp³-hybridized carbons (Fsp3) is 0.556. The van der Waals surface area contributed by atoms with Crippen LogP contribution in [0, 0.1) is 16.7 Å². The van der Waals surface area contributed by atoms with Crippen molar-refractivity contribution < 1.29 is 9.32 Å². The topological polar surface area (TPSA) is 91.8 Å². The van der Waals surface area contributed by atoms with Gasteiger partial charge in [0.2, 0.25) is 12.3 Å². The van der Waals surface area contributed by atoms with E-state index in [0.29, 0.717) is 18.7 Å². The number of aromatic nitrogens is 2. The van der Waals surface area contributed by atoms with Crippen LogP contribution in [0.3, 0.4) is 0 Å². The van der Waals surface area contributed by atoms with Crippen LogP contribution in [0.15, 0.2) is 10.9 Å². The molecule has 6 nitrogen and oxygen atoms in total. The maximum atomic E-state index is 11.7. The van der Waals surface area contributed by atoms with Gasteiger partial charge in [-0.15, -0.1) is 0 Å². The second-order valence-electron chi connectivity index (χ2n) is 3.58. The maximum Gasteiger partial charge on any atom is 0.240 e. The summed E-state index contributed by atoms with van der Waals surface area (Å²) in [5.74, 6) is 0.178. The van der Waals surface area contributed by atoms with Crippen molar-refractivity contribution in [3.05, 3.63) is 12.2 Å². The molecule has 0 bridgehead atoms. The lowest BCUT2D eigenvalue weighted by molar-refractivity contribution is -0.131. The number of hydrogen-bond donors (Lipinski definition) is 1. The Morgan fingerprint density at radius 1 is 1.73 bits per heavy atom. The zero-order chi connectivity index (χ0) is 10.7. The van der Waals surface area contributed by atoms with Crippen LogP contribution < -0.4 is 5.32 Å². The SMILES string of the molecule is N#CC1(C(=O)NCc2ncon2)CCC1. The molecule has 1 amide bonds. The molecule has 0 spiro atoms. The minimum Gasteiger partial charge on any atom is -0.347 e. The molecule has 1 N–H and O–H groups in total. The van der Waals surface area contributed by atoms with Gasteiger partial charge in [-0.1, -0.05) is 5.16 Å². The summed E-state index contributed by atoms with van der Waals surface area (Å²) in [5.41, 5.74) is -0.816. The number of carbonyl (C=O) groups excluding carboxylic acids is 1. The lowest BCUT2D eigenvalue weighted by atomic mass is 9.69. The molecule has 1 aromatic rings. The molecule has 0 aromatic carbocycles. The van der Waals surface area contributed by atoms with Crippen molar-refractivity contribution in [2.24, 2.45) is 5.41 Å². The van der Waals surface area contributed by atoms with Crippen LogP contribution in [0.25, 0.3) is 0 Å². The van der Waals surface area contributed by atoms with E-state index in [9.17, 15) is 4.79 Å². The Morgan fingerprint density at radius 2 is 2.53 bits per heavy atom. The predicted molar refractivity (Wildman–Crippen MR) is 48.0 cm³/mol. The molecule has 0 aliphatic heterocycles. The molecule has 1 saturated carbocycles. The van der Waals surface area contributed by atoms with Crippen LogP contribution in [-0.2, 0) is 11.3 Å². The Kier molecular flexibility index (Phi) is 2.37. The average molecular weight is 206 g/mol. The summed E-state index contributed by atoms with van der Waals surface area (Å²) in [7, 11) is 0. The van der Waals surface area contributed by atoms with E-state index in [-0.39, 0.29) is 12.5 Å². The summed E-state index contributed by atoms with van der Waals surface area (Å²) in [6, 6.07) is 2.07. The molecule has 0 saturated heterocycles. The molecule has 78 valence electrons. The molecule has 1 fully saturated rings. The Morgan fingerprint density at radius 3 is 3.00 bits per heavy atom. The van der Waals surface area contributed by atoms with Crippen molar-refractivity contribution in [3.8, 4) is 6.07 Å². The molecule has 2 rings (SSSR count). The van der Waals surface area contributed by atoms with Crippen molar-refractivity contribution in [3.63, 3.8) is 0 Å². The summed E-state index contributed by atoms with van der Waals surface area (Å²) in [4.78, 5) is 15.4. The van der Waals surface area contributed by atoms with Crippen molar-refractivity contribution in [1.29, 1.82) is 5.26 Å². The molecule has 0 unspecified atom stereocenters. The monoisotopic (exact) mass is 206 g/mol. The first-order valence-corrected chi connectivity index (χ1v) is 4.72. The van der Waals surface area contributed by atoms with Gasteiger partial charge >= 0.3 is 0 Å². The first kappa shape index (κ1) is 9.65. The average Bonchev–Trinajstić information content (AvgIpc) is 2.66. The molecule has 6 heteroatoms. The molecule has 1 aliphatic carbocycles. The number of nitrogens with one attached hydrogen (secondary N) is 1. The number of amides is 1. The number of carbonyl (C=O) groups is 1. The van der Waals surface area contributed by atoms with Gasteiger partial charge in [-0.25, -0.2) is 0 Å². The standard InChI is InChI=1S/C9H10N4O2/c10-5-9(2-1-3-9)8(14)11-4-7-12-6-15-13-7/h6H,1-4H2,(H,11,14). The Hall–Kier alpha value is -1.90. The van der Waals surface area contributed by atoms with Crippen molar-refractivity contribution in [2.75, 3.05) is 0 Å². The quantitative estimate of drug-likeness (QED) is 0.771. The van der Waals surface area contributed by atoms with Crippen LogP contribution in [0.4, 0.5) is 0 Å². The lowest BCUT2D eigenvalue weighted by Crippen LogP contribution is -2.44. The summed E-state index contributed by atoms with van der Waals surface area (Å²) < 4.78 is 4.52. The first-order chi connectivity index (χ1) is 7.27. The van der Waals surface area contributed by atoms with Crippen molar-refractivity contribution in [1.82, 2.24) is 15.5 Å². The third-order valence-corrected chi connectivity index (χ3v) is 2.67. The molecule has 1 aliphatic rings. The Bertz CT molecular complexity index is 389. The predicted octanol–water partition coefficient (Wildman–Crippen LogP) is 0.380. The lowest BCUT2D eigenvalue weighted by Gasteiger charge is -2.33. The summed E-state index contributed by atoms with van der Waals surface area (Å²) in [5, 5.41) is 15.1. The molecule has 0 radical (unpaired) electrons. The normalized spacial score (nSPS) is 17.5. The highest BCUT2D eigenvalue weighted by atomic mass is 16.5. The second kappa shape index (κ2) is 3.69. The summed E-state index contributed by atoms with van der Waals surface area (Å²) >= 11 is 0. The first-order valence-electron chi connectivity index (χ1n) is 4.72. The molecule has 1 aromatic heterocycles. The van der Waals surface area contributed by atoms with Gasteiger partial charge in [0.25, 0.3) is 0 Å². The van der Waals surface area contributed by atoms with Crippen molar-refractivity contribution >= 4 is 5.91 Å². The van der Waals surface area contributed by atoms with Crippen LogP contribution in [0.2, 0.25) is 0 Å². The van der Waals surface area contributed by atoms with Gasteiger partial charge in [0.05, 0.1) is 12.6 Å². The molecular formula is C9H10N4O2. The number of hydrogen-bond acceptors (Lipinski definition) is 5. The highest BCUT2D eigenvalue weighted by Crippen LogP contribution is 2.40. The smallest absolute Gasteiger partial charge is 0.240 e.